The Morgan fingerprint density at radius 1 is 0.962 bits per heavy atom. The van der Waals surface area contributed by atoms with Crippen molar-refractivity contribution in [3.63, 3.8) is 0 Å². The lowest BCUT2D eigenvalue weighted by molar-refractivity contribution is -0.385. The molecule has 0 aliphatic heterocycles. The van der Waals surface area contributed by atoms with Gasteiger partial charge >= 0.3 is 0 Å². The topological polar surface area (TPSA) is 101 Å². The number of hydrogen-bond acceptors (Lipinski definition) is 5. The summed E-state index contributed by atoms with van der Waals surface area (Å²) in [4.78, 5) is 10.7. The molecular weight excluding hydrogens is 354 g/mol. The summed E-state index contributed by atoms with van der Waals surface area (Å²) in [6.45, 7) is 4.29. The van der Waals surface area contributed by atoms with Crippen LogP contribution >= 0.6 is 0 Å². The van der Waals surface area contributed by atoms with Crippen LogP contribution in [0.3, 0.4) is 0 Å². The Bertz CT molecular complexity index is 866. The molecule has 2 aromatic rings. The minimum Gasteiger partial charge on any atom is -0.308 e. The van der Waals surface area contributed by atoms with Crippen molar-refractivity contribution in [2.24, 2.45) is 0 Å². The number of nitrogens with one attached hydrogen (secondary N) is 2. The minimum atomic E-state index is -3.42. The van der Waals surface area contributed by atoms with Crippen molar-refractivity contribution in [3.8, 4) is 0 Å². The largest absolute Gasteiger partial charge is 0.308 e. The van der Waals surface area contributed by atoms with Crippen molar-refractivity contribution in [1.29, 1.82) is 0 Å². The lowest BCUT2D eigenvalue weighted by Crippen LogP contribution is -2.31. The molecule has 2 N–H and O–H groups in total. The van der Waals surface area contributed by atoms with E-state index in [1.54, 1.807) is 44.2 Å². The molecule has 2 aromatic carbocycles. The maximum atomic E-state index is 12.2. The Morgan fingerprint density at radius 3 is 2.12 bits per heavy atom. The first-order chi connectivity index (χ1) is 12.3. The Morgan fingerprint density at radius 2 is 1.50 bits per heavy atom. The third-order valence-corrected chi connectivity index (χ3v) is 5.22. The van der Waals surface area contributed by atoms with Crippen molar-refractivity contribution >= 4 is 15.7 Å². The molecule has 0 spiro atoms. The van der Waals surface area contributed by atoms with Crippen LogP contribution in [0.4, 0.5) is 5.69 Å². The van der Waals surface area contributed by atoms with E-state index >= 15 is 0 Å². The maximum absolute atomic E-state index is 12.2. The van der Waals surface area contributed by atoms with Gasteiger partial charge in [-0.2, -0.15) is 0 Å². The fourth-order valence-electron chi connectivity index (χ4n) is 2.65. The number of rotatable bonds is 9. The monoisotopic (exact) mass is 377 g/mol. The summed E-state index contributed by atoms with van der Waals surface area (Å²) in [5, 5.41) is 14.2. The molecule has 2 rings (SSSR count). The summed E-state index contributed by atoms with van der Waals surface area (Å²) in [7, 11) is -3.42. The highest BCUT2D eigenvalue weighted by atomic mass is 32.2. The fraction of sp³-hybridized carbons (Fsp3) is 0.333. The van der Waals surface area contributed by atoms with E-state index in [4.69, 9.17) is 0 Å². The summed E-state index contributed by atoms with van der Waals surface area (Å²) < 4.78 is 26.9. The van der Waals surface area contributed by atoms with Gasteiger partial charge in [-0.3, -0.25) is 10.1 Å². The molecule has 0 aliphatic carbocycles. The minimum absolute atomic E-state index is 0.0667. The Labute approximate surface area is 153 Å². The van der Waals surface area contributed by atoms with E-state index in [1.165, 1.54) is 6.07 Å². The number of nitro benzene ring substituents is 1. The quantitative estimate of drug-likeness (QED) is 0.517. The molecule has 8 heteroatoms. The number of sulfonamides is 1. The van der Waals surface area contributed by atoms with Crippen LogP contribution in [0.2, 0.25) is 0 Å². The average molecular weight is 377 g/mol. The molecule has 0 radical (unpaired) electrons. The zero-order chi connectivity index (χ0) is 19.2. The van der Waals surface area contributed by atoms with E-state index in [-0.39, 0.29) is 17.5 Å². The number of nitrogens with zero attached hydrogens (tertiary/aromatic N) is 1. The van der Waals surface area contributed by atoms with Gasteiger partial charge in [-0.1, -0.05) is 42.5 Å². The van der Waals surface area contributed by atoms with E-state index in [2.05, 4.69) is 10.0 Å². The molecule has 0 saturated carbocycles. The van der Waals surface area contributed by atoms with E-state index in [9.17, 15) is 18.5 Å². The van der Waals surface area contributed by atoms with Crippen molar-refractivity contribution < 1.29 is 13.3 Å². The second-order valence-corrected chi connectivity index (χ2v) is 8.04. The van der Waals surface area contributed by atoms with Crippen molar-refractivity contribution in [2.75, 3.05) is 0 Å². The maximum Gasteiger partial charge on any atom is 0.273 e. The van der Waals surface area contributed by atoms with Gasteiger partial charge in [0, 0.05) is 30.8 Å². The number of para-hydroxylation sites is 1. The molecule has 0 atom stereocenters. The molecule has 140 valence electrons. The van der Waals surface area contributed by atoms with Crippen LogP contribution in [-0.4, -0.2) is 19.4 Å². The standard InChI is InChI=1S/C18H23N3O4S/c1-14(2)20-26(24,25)13-17-9-4-3-7-15(17)11-19-12-16-8-5-6-10-18(16)21(22)23/h3-10,14,19-20H,11-13H2,1-2H3. The van der Waals surface area contributed by atoms with Crippen molar-refractivity contribution in [2.45, 2.75) is 38.7 Å². The van der Waals surface area contributed by atoms with Crippen LogP contribution in [-0.2, 0) is 28.9 Å². The first-order valence-electron chi connectivity index (χ1n) is 8.28. The number of hydrogen-bond donors (Lipinski definition) is 2. The number of benzene rings is 2. The van der Waals surface area contributed by atoms with Crippen molar-refractivity contribution in [1.82, 2.24) is 10.0 Å². The number of nitro groups is 1. The summed E-state index contributed by atoms with van der Waals surface area (Å²) in [6.07, 6.45) is 0. The second-order valence-electron chi connectivity index (χ2n) is 6.29. The molecule has 7 nitrogen and oxygen atoms in total. The zero-order valence-electron chi connectivity index (χ0n) is 14.8. The molecule has 0 aromatic heterocycles. The second kappa shape index (κ2) is 8.88. The first-order valence-corrected chi connectivity index (χ1v) is 9.93. The molecule has 0 aliphatic rings. The zero-order valence-corrected chi connectivity index (χ0v) is 15.6. The molecule has 0 amide bonds. The molecule has 0 unspecified atom stereocenters. The third-order valence-electron chi connectivity index (χ3n) is 3.70. The van der Waals surface area contributed by atoms with Gasteiger partial charge in [-0.15, -0.1) is 0 Å². The Balaban J connectivity index is 2.06. The SMILES string of the molecule is CC(C)NS(=O)(=O)Cc1ccccc1CNCc1ccccc1[N+](=O)[O-]. The summed E-state index contributed by atoms with van der Waals surface area (Å²) in [5.74, 6) is -0.103. The van der Waals surface area contributed by atoms with Crippen LogP contribution in [0.15, 0.2) is 48.5 Å². The van der Waals surface area contributed by atoms with Gasteiger partial charge in [-0.25, -0.2) is 13.1 Å². The highest BCUT2D eigenvalue weighted by molar-refractivity contribution is 7.88. The van der Waals surface area contributed by atoms with E-state index < -0.39 is 14.9 Å². The normalized spacial score (nSPS) is 11.7. The van der Waals surface area contributed by atoms with Crippen molar-refractivity contribution in [3.05, 3.63) is 75.3 Å². The summed E-state index contributed by atoms with van der Waals surface area (Å²) >= 11 is 0. The fourth-order valence-corrected chi connectivity index (χ4v) is 4.14. The summed E-state index contributed by atoms with van der Waals surface area (Å²) in [5.41, 5.74) is 2.21. The van der Waals surface area contributed by atoms with Crippen LogP contribution in [0.1, 0.15) is 30.5 Å². The third kappa shape index (κ3) is 5.91. The lowest BCUT2D eigenvalue weighted by atomic mass is 10.1. The van der Waals surface area contributed by atoms with Gasteiger partial charge in [0.2, 0.25) is 10.0 Å². The predicted molar refractivity (Wildman–Crippen MR) is 101 cm³/mol. The van der Waals surface area contributed by atoms with Crippen LogP contribution in [0.25, 0.3) is 0 Å². The molecule has 0 saturated heterocycles. The summed E-state index contributed by atoms with van der Waals surface area (Å²) in [6, 6.07) is 13.7. The van der Waals surface area contributed by atoms with Gasteiger partial charge in [0.15, 0.2) is 0 Å². The van der Waals surface area contributed by atoms with Crippen LogP contribution in [0, 0.1) is 10.1 Å². The van der Waals surface area contributed by atoms with Gasteiger partial charge in [-0.05, 0) is 25.0 Å². The van der Waals surface area contributed by atoms with Crippen LogP contribution in [0.5, 0.6) is 0 Å². The Hall–Kier alpha value is -2.29. The van der Waals surface area contributed by atoms with Gasteiger partial charge in [0.25, 0.3) is 5.69 Å². The highest BCUT2D eigenvalue weighted by Gasteiger charge is 2.16. The van der Waals surface area contributed by atoms with E-state index in [1.807, 2.05) is 12.1 Å². The molecule has 26 heavy (non-hydrogen) atoms. The highest BCUT2D eigenvalue weighted by Crippen LogP contribution is 2.18. The average Bonchev–Trinajstić information content (AvgIpc) is 2.55. The van der Waals surface area contributed by atoms with Crippen LogP contribution < -0.4 is 10.0 Å². The van der Waals surface area contributed by atoms with Gasteiger partial charge < -0.3 is 5.32 Å². The Kier molecular flexibility index (Phi) is 6.84. The predicted octanol–water partition coefficient (Wildman–Crippen LogP) is 2.71. The first kappa shape index (κ1) is 20.0. The molecule has 0 bridgehead atoms. The molecule has 0 fully saturated rings. The van der Waals surface area contributed by atoms with Gasteiger partial charge in [0.05, 0.1) is 10.7 Å². The smallest absolute Gasteiger partial charge is 0.273 e. The van der Waals surface area contributed by atoms with E-state index in [0.717, 1.165) is 5.56 Å². The lowest BCUT2D eigenvalue weighted by Gasteiger charge is -2.13. The molecular formula is C18H23N3O4S. The van der Waals surface area contributed by atoms with E-state index in [0.29, 0.717) is 24.2 Å². The molecule has 0 heterocycles. The van der Waals surface area contributed by atoms with Gasteiger partial charge in [0.1, 0.15) is 0 Å².